The minimum absolute atomic E-state index is 0.000547. The van der Waals surface area contributed by atoms with Crippen molar-refractivity contribution >= 4 is 61.9 Å². The number of halogens is 1. The van der Waals surface area contributed by atoms with Crippen LogP contribution in [-0.4, -0.2) is 15.2 Å². The Balaban J connectivity index is 1.88. The van der Waals surface area contributed by atoms with Crippen LogP contribution in [0.25, 0.3) is 6.08 Å². The summed E-state index contributed by atoms with van der Waals surface area (Å²) in [6.45, 7) is 0.0344. The van der Waals surface area contributed by atoms with Gasteiger partial charge in [-0.05, 0) is 30.3 Å². The Kier molecular flexibility index (Phi) is 5.70. The zero-order valence-corrected chi connectivity index (χ0v) is 16.3. The third kappa shape index (κ3) is 4.29. The Hall–Kier alpha value is -2.23. The third-order valence-corrected chi connectivity index (χ3v) is 5.13. The molecule has 3 rings (SSSR count). The Bertz CT molecular complexity index is 946. The van der Waals surface area contributed by atoms with Gasteiger partial charge in [-0.2, -0.15) is 0 Å². The maximum absolute atomic E-state index is 11.9. The predicted molar refractivity (Wildman–Crippen MR) is 108 cm³/mol. The number of para-hydroxylation sites is 1. The summed E-state index contributed by atoms with van der Waals surface area (Å²) in [5, 5.41) is 13.7. The Labute approximate surface area is 166 Å². The summed E-state index contributed by atoms with van der Waals surface area (Å²) in [5.74, 6) is 0.245. The maximum Gasteiger partial charge on any atom is 0.276 e. The molecular weight excluding hydrogens is 440 g/mol. The van der Waals surface area contributed by atoms with Crippen molar-refractivity contribution in [1.29, 1.82) is 0 Å². The average molecular weight is 451 g/mol. The average Bonchev–Trinajstić information content (AvgIpc) is 2.91. The van der Waals surface area contributed by atoms with Crippen molar-refractivity contribution in [3.8, 4) is 5.75 Å². The fraction of sp³-hybridized carbons (Fsp3) is 0.0588. The highest BCUT2D eigenvalue weighted by Gasteiger charge is 2.22. The van der Waals surface area contributed by atoms with E-state index in [0.29, 0.717) is 26.1 Å². The molecule has 1 amide bonds. The van der Waals surface area contributed by atoms with Crippen LogP contribution in [0.3, 0.4) is 0 Å². The lowest BCUT2D eigenvalue weighted by Gasteiger charge is -2.10. The summed E-state index contributed by atoms with van der Waals surface area (Å²) in [5.41, 5.74) is 1.13. The summed E-state index contributed by atoms with van der Waals surface area (Å²) in [6, 6.07) is 11.7. The number of benzene rings is 2. The van der Waals surface area contributed by atoms with Gasteiger partial charge in [0.1, 0.15) is 16.7 Å². The Morgan fingerprint density at radius 3 is 2.77 bits per heavy atom. The van der Waals surface area contributed by atoms with E-state index in [2.05, 4.69) is 21.2 Å². The van der Waals surface area contributed by atoms with Gasteiger partial charge in [0.15, 0.2) is 0 Å². The highest BCUT2D eigenvalue weighted by Crippen LogP contribution is 2.32. The number of nitro benzene ring substituents is 1. The Morgan fingerprint density at radius 1 is 1.31 bits per heavy atom. The van der Waals surface area contributed by atoms with E-state index in [1.807, 2.05) is 0 Å². The lowest BCUT2D eigenvalue weighted by Crippen LogP contribution is -2.17. The first-order valence-corrected chi connectivity index (χ1v) is 9.35. The molecule has 0 aliphatic carbocycles. The summed E-state index contributed by atoms with van der Waals surface area (Å²) in [7, 11) is 0. The zero-order chi connectivity index (χ0) is 18.7. The number of amides is 1. The van der Waals surface area contributed by atoms with E-state index in [4.69, 9.17) is 17.0 Å². The molecule has 1 fully saturated rings. The van der Waals surface area contributed by atoms with E-state index < -0.39 is 4.92 Å². The van der Waals surface area contributed by atoms with Crippen LogP contribution in [0.5, 0.6) is 5.75 Å². The second-order valence-electron chi connectivity index (χ2n) is 5.21. The van der Waals surface area contributed by atoms with Crippen molar-refractivity contribution in [2.24, 2.45) is 0 Å². The van der Waals surface area contributed by atoms with Crippen molar-refractivity contribution in [1.82, 2.24) is 5.32 Å². The molecular formula is C17H11BrN2O4S2. The van der Waals surface area contributed by atoms with Gasteiger partial charge in [-0.1, -0.05) is 52.0 Å². The molecule has 9 heteroatoms. The lowest BCUT2D eigenvalue weighted by molar-refractivity contribution is -0.385. The number of carbonyl (C=O) groups is 1. The summed E-state index contributed by atoms with van der Waals surface area (Å²) >= 11 is 9.56. The fourth-order valence-corrected chi connectivity index (χ4v) is 3.71. The molecule has 0 aromatic heterocycles. The van der Waals surface area contributed by atoms with Crippen molar-refractivity contribution < 1.29 is 14.5 Å². The number of thiocarbonyl (C=S) groups is 1. The molecule has 1 aliphatic heterocycles. The molecule has 0 bridgehead atoms. The number of rotatable bonds is 5. The molecule has 2 aromatic rings. The van der Waals surface area contributed by atoms with Crippen LogP contribution in [0.15, 0.2) is 51.8 Å². The molecule has 2 aromatic carbocycles. The van der Waals surface area contributed by atoms with Crippen LogP contribution in [0, 0.1) is 10.1 Å². The van der Waals surface area contributed by atoms with Crippen molar-refractivity contribution in [2.45, 2.75) is 6.61 Å². The van der Waals surface area contributed by atoms with Crippen LogP contribution in [0.4, 0.5) is 5.69 Å². The molecule has 132 valence electrons. The number of hydrogen-bond donors (Lipinski definition) is 1. The van der Waals surface area contributed by atoms with Crippen molar-refractivity contribution in [3.05, 3.63) is 73.1 Å². The van der Waals surface area contributed by atoms with Gasteiger partial charge in [-0.15, -0.1) is 0 Å². The molecule has 6 nitrogen and oxygen atoms in total. The smallest absolute Gasteiger partial charge is 0.276 e. The second kappa shape index (κ2) is 7.98. The highest BCUT2D eigenvalue weighted by molar-refractivity contribution is 9.10. The number of carbonyl (C=O) groups excluding carboxylic acids is 1. The third-order valence-electron chi connectivity index (χ3n) is 3.47. The van der Waals surface area contributed by atoms with E-state index in [9.17, 15) is 14.9 Å². The SMILES string of the molecule is O=C1NC(=S)S/C1=C\c1cc(Br)ccc1OCc1ccccc1[N+](=O)[O-]. The highest BCUT2D eigenvalue weighted by atomic mass is 79.9. The van der Waals surface area contributed by atoms with Gasteiger partial charge < -0.3 is 10.1 Å². The summed E-state index contributed by atoms with van der Waals surface area (Å²) in [6.07, 6.45) is 1.68. The first-order valence-electron chi connectivity index (χ1n) is 7.33. The van der Waals surface area contributed by atoms with Crippen LogP contribution in [0.2, 0.25) is 0 Å². The molecule has 1 saturated heterocycles. The first kappa shape index (κ1) is 18.6. The molecule has 26 heavy (non-hydrogen) atoms. The zero-order valence-electron chi connectivity index (χ0n) is 13.1. The van der Waals surface area contributed by atoms with Gasteiger partial charge >= 0.3 is 0 Å². The molecule has 1 N–H and O–H groups in total. The quantitative estimate of drug-likeness (QED) is 0.314. The standard InChI is InChI=1S/C17H11BrN2O4S2/c18-12-5-6-14(11(7-12)8-15-16(21)19-17(25)26-15)24-9-10-3-1-2-4-13(10)20(22)23/h1-8H,9H2,(H,19,21,25)/b15-8-. The van der Waals surface area contributed by atoms with Gasteiger partial charge in [0.2, 0.25) is 0 Å². The second-order valence-corrected chi connectivity index (χ2v) is 7.84. The van der Waals surface area contributed by atoms with E-state index in [1.165, 1.54) is 17.8 Å². The number of nitrogens with one attached hydrogen (secondary N) is 1. The first-order chi connectivity index (χ1) is 12.4. The molecule has 1 heterocycles. The molecule has 0 saturated carbocycles. The van der Waals surface area contributed by atoms with E-state index in [-0.39, 0.29) is 18.2 Å². The van der Waals surface area contributed by atoms with Gasteiger partial charge in [-0.25, -0.2) is 0 Å². The molecule has 0 atom stereocenters. The number of nitro groups is 1. The van der Waals surface area contributed by atoms with E-state index in [1.54, 1.807) is 42.5 Å². The number of hydrogen-bond acceptors (Lipinski definition) is 6. The molecule has 0 unspecified atom stereocenters. The van der Waals surface area contributed by atoms with Gasteiger partial charge in [0.25, 0.3) is 11.6 Å². The topological polar surface area (TPSA) is 81.5 Å². The number of thioether (sulfide) groups is 1. The summed E-state index contributed by atoms with van der Waals surface area (Å²) < 4.78 is 7.01. The minimum Gasteiger partial charge on any atom is -0.488 e. The van der Waals surface area contributed by atoms with Crippen LogP contribution < -0.4 is 10.1 Å². The maximum atomic E-state index is 11.9. The number of nitrogens with zero attached hydrogens (tertiary/aromatic N) is 1. The monoisotopic (exact) mass is 450 g/mol. The van der Waals surface area contributed by atoms with Crippen molar-refractivity contribution in [2.75, 3.05) is 0 Å². The normalized spacial score (nSPS) is 15.2. The number of ether oxygens (including phenoxy) is 1. The van der Waals surface area contributed by atoms with Gasteiger partial charge in [0.05, 0.1) is 15.4 Å². The predicted octanol–water partition coefficient (Wildman–Crippen LogP) is 4.43. The largest absolute Gasteiger partial charge is 0.488 e. The van der Waals surface area contributed by atoms with E-state index in [0.717, 1.165) is 4.47 Å². The lowest BCUT2D eigenvalue weighted by atomic mass is 10.1. The Morgan fingerprint density at radius 2 is 2.08 bits per heavy atom. The molecule has 1 aliphatic rings. The van der Waals surface area contributed by atoms with Crippen LogP contribution in [-0.2, 0) is 11.4 Å². The van der Waals surface area contributed by atoms with Gasteiger partial charge in [-0.3, -0.25) is 14.9 Å². The summed E-state index contributed by atoms with van der Waals surface area (Å²) in [4.78, 5) is 23.0. The van der Waals surface area contributed by atoms with Crippen molar-refractivity contribution in [3.63, 3.8) is 0 Å². The minimum atomic E-state index is -0.441. The van der Waals surface area contributed by atoms with Gasteiger partial charge in [0, 0.05) is 16.1 Å². The van der Waals surface area contributed by atoms with Crippen LogP contribution >= 0.6 is 39.9 Å². The molecule has 0 radical (unpaired) electrons. The van der Waals surface area contributed by atoms with E-state index >= 15 is 0 Å². The van der Waals surface area contributed by atoms with Crippen LogP contribution in [0.1, 0.15) is 11.1 Å². The molecule has 0 spiro atoms. The fourth-order valence-electron chi connectivity index (χ4n) is 2.29.